The summed E-state index contributed by atoms with van der Waals surface area (Å²) in [5, 5.41) is 5.48. The Balaban J connectivity index is 1.63. The van der Waals surface area contributed by atoms with E-state index in [4.69, 9.17) is 0 Å². The van der Waals surface area contributed by atoms with Crippen LogP contribution in [0.2, 0.25) is 0 Å². The molecule has 4 nitrogen and oxygen atoms in total. The number of hydrogen-bond donors (Lipinski definition) is 0. The maximum atomic E-state index is 13.9. The molecule has 0 aliphatic heterocycles. The summed E-state index contributed by atoms with van der Waals surface area (Å²) in [6.07, 6.45) is 9.20. The number of halogens is 1. The van der Waals surface area contributed by atoms with Crippen molar-refractivity contribution in [2.45, 2.75) is 39.7 Å². The molecule has 1 aromatic carbocycles. The molecular formula is C22H24FN3O. The smallest absolute Gasteiger partial charge is 0.154 e. The van der Waals surface area contributed by atoms with Gasteiger partial charge >= 0.3 is 0 Å². The lowest BCUT2D eigenvalue weighted by molar-refractivity contribution is -0.120. The van der Waals surface area contributed by atoms with E-state index in [0.29, 0.717) is 24.8 Å². The summed E-state index contributed by atoms with van der Waals surface area (Å²) in [7, 11) is 0. The maximum absolute atomic E-state index is 13.9. The molecule has 2 aromatic heterocycles. The van der Waals surface area contributed by atoms with Crippen molar-refractivity contribution in [3.05, 3.63) is 72.0 Å². The van der Waals surface area contributed by atoms with Crippen LogP contribution in [-0.4, -0.2) is 20.5 Å². The number of aryl methyl sites for hydroxylation is 1. The molecule has 0 saturated carbocycles. The molecule has 2 heterocycles. The van der Waals surface area contributed by atoms with Gasteiger partial charge < -0.3 is 0 Å². The van der Waals surface area contributed by atoms with Crippen molar-refractivity contribution in [1.82, 2.24) is 14.8 Å². The second-order valence-corrected chi connectivity index (χ2v) is 6.79. The molecule has 1 atom stereocenters. The van der Waals surface area contributed by atoms with E-state index in [0.717, 1.165) is 16.6 Å². The Morgan fingerprint density at radius 2 is 2.11 bits per heavy atom. The number of aromatic nitrogens is 3. The van der Waals surface area contributed by atoms with Crippen molar-refractivity contribution in [2.24, 2.45) is 5.92 Å². The standard InChI is InChI=1S/C22H24FN3O/c1-3-6-17(13-18-7-4-5-8-21(18)23)9-10-19(27)15-26-22-14-24-12-11-20(22)16(2)25-26/h3-8,11-12,14,17H,9-10,13,15H2,1-2H3/t17-/m0/s1. The number of hydrogen-bond acceptors (Lipinski definition) is 3. The average Bonchev–Trinajstić information content (AvgIpc) is 2.98. The van der Waals surface area contributed by atoms with E-state index in [1.807, 2.05) is 32.1 Å². The van der Waals surface area contributed by atoms with Gasteiger partial charge in [-0.3, -0.25) is 14.5 Å². The molecule has 27 heavy (non-hydrogen) atoms. The molecule has 0 aliphatic carbocycles. The van der Waals surface area contributed by atoms with Crippen LogP contribution in [0.1, 0.15) is 31.0 Å². The van der Waals surface area contributed by atoms with Crippen molar-refractivity contribution in [2.75, 3.05) is 0 Å². The fourth-order valence-corrected chi connectivity index (χ4v) is 3.38. The van der Waals surface area contributed by atoms with Crippen molar-refractivity contribution < 1.29 is 9.18 Å². The van der Waals surface area contributed by atoms with E-state index < -0.39 is 0 Å². The summed E-state index contributed by atoms with van der Waals surface area (Å²) in [6, 6.07) is 8.73. The molecule has 3 aromatic rings. The van der Waals surface area contributed by atoms with Crippen LogP contribution in [0.5, 0.6) is 0 Å². The highest BCUT2D eigenvalue weighted by atomic mass is 19.1. The van der Waals surface area contributed by atoms with Gasteiger partial charge in [0.2, 0.25) is 0 Å². The Hall–Kier alpha value is -2.82. The first-order valence-corrected chi connectivity index (χ1v) is 9.23. The van der Waals surface area contributed by atoms with Gasteiger partial charge in [-0.25, -0.2) is 4.39 Å². The minimum absolute atomic E-state index is 0.117. The first-order valence-electron chi connectivity index (χ1n) is 9.23. The second kappa shape index (κ2) is 8.71. The van der Waals surface area contributed by atoms with E-state index in [1.165, 1.54) is 6.07 Å². The highest BCUT2D eigenvalue weighted by Crippen LogP contribution is 2.20. The van der Waals surface area contributed by atoms with Gasteiger partial charge in [0.1, 0.15) is 12.4 Å². The molecule has 0 radical (unpaired) electrons. The van der Waals surface area contributed by atoms with E-state index in [-0.39, 0.29) is 24.1 Å². The van der Waals surface area contributed by atoms with Crippen LogP contribution in [0.25, 0.3) is 10.9 Å². The SMILES string of the molecule is CC=C[C@@H](CCC(=O)Cn1nc(C)c2ccncc21)Cc1ccccc1F. The normalized spacial score (nSPS) is 12.7. The van der Waals surface area contributed by atoms with Crippen LogP contribution < -0.4 is 0 Å². The quantitative estimate of drug-likeness (QED) is 0.545. The minimum Gasteiger partial charge on any atom is -0.298 e. The first kappa shape index (κ1) is 19.0. The van der Waals surface area contributed by atoms with Gasteiger partial charge in [-0.1, -0.05) is 30.4 Å². The van der Waals surface area contributed by atoms with Gasteiger partial charge in [-0.2, -0.15) is 5.10 Å². The number of rotatable bonds is 8. The van der Waals surface area contributed by atoms with E-state index >= 15 is 0 Å². The number of nitrogens with zero attached hydrogens (tertiary/aromatic N) is 3. The van der Waals surface area contributed by atoms with Crippen LogP contribution in [0.3, 0.4) is 0 Å². The topological polar surface area (TPSA) is 47.8 Å². The molecule has 0 bridgehead atoms. The monoisotopic (exact) mass is 365 g/mol. The average molecular weight is 365 g/mol. The molecule has 5 heteroatoms. The number of ketones is 1. The molecule has 0 N–H and O–H groups in total. The van der Waals surface area contributed by atoms with Gasteiger partial charge in [0.15, 0.2) is 5.78 Å². The van der Waals surface area contributed by atoms with Gasteiger partial charge in [-0.05, 0) is 50.3 Å². The lowest BCUT2D eigenvalue weighted by atomic mass is 9.93. The second-order valence-electron chi connectivity index (χ2n) is 6.79. The van der Waals surface area contributed by atoms with Gasteiger partial charge in [0, 0.05) is 18.0 Å². The molecule has 0 spiro atoms. The van der Waals surface area contributed by atoms with E-state index in [9.17, 15) is 9.18 Å². The summed E-state index contributed by atoms with van der Waals surface area (Å²) in [4.78, 5) is 16.6. The third-order valence-corrected chi connectivity index (χ3v) is 4.76. The number of carbonyl (C=O) groups excluding carboxylic acids is 1. The van der Waals surface area contributed by atoms with Gasteiger partial charge in [0.05, 0.1) is 17.4 Å². The molecule has 0 fully saturated rings. The Morgan fingerprint density at radius 3 is 2.89 bits per heavy atom. The number of fused-ring (bicyclic) bond motifs is 1. The molecule has 0 amide bonds. The zero-order valence-electron chi connectivity index (χ0n) is 15.7. The maximum Gasteiger partial charge on any atom is 0.154 e. The minimum atomic E-state index is -0.190. The Bertz CT molecular complexity index is 961. The highest BCUT2D eigenvalue weighted by Gasteiger charge is 2.14. The van der Waals surface area contributed by atoms with E-state index in [2.05, 4.69) is 16.2 Å². The molecule has 0 aliphatic rings. The van der Waals surface area contributed by atoms with Crippen molar-refractivity contribution in [1.29, 1.82) is 0 Å². The van der Waals surface area contributed by atoms with Crippen LogP contribution >= 0.6 is 0 Å². The summed E-state index contributed by atoms with van der Waals surface area (Å²) >= 11 is 0. The largest absolute Gasteiger partial charge is 0.298 e. The van der Waals surface area contributed by atoms with Crippen LogP contribution in [-0.2, 0) is 17.8 Å². The summed E-state index contributed by atoms with van der Waals surface area (Å²) in [6.45, 7) is 4.11. The lowest BCUT2D eigenvalue weighted by Gasteiger charge is -2.13. The Morgan fingerprint density at radius 1 is 1.30 bits per heavy atom. The molecule has 3 rings (SSSR count). The molecule has 140 valence electrons. The Labute approximate surface area is 158 Å². The third-order valence-electron chi connectivity index (χ3n) is 4.76. The predicted octanol–water partition coefficient (Wildman–Crippen LogP) is 4.66. The molecule has 0 unspecified atom stereocenters. The van der Waals surface area contributed by atoms with Gasteiger partial charge in [0.25, 0.3) is 0 Å². The number of allylic oxidation sites excluding steroid dienone is 2. The molecule has 0 saturated heterocycles. The molecular weight excluding hydrogens is 341 g/mol. The number of pyridine rings is 1. The van der Waals surface area contributed by atoms with Crippen molar-refractivity contribution in [3.8, 4) is 0 Å². The van der Waals surface area contributed by atoms with Crippen molar-refractivity contribution >= 4 is 16.7 Å². The Kier molecular flexibility index (Phi) is 6.12. The fourth-order valence-electron chi connectivity index (χ4n) is 3.38. The number of Topliss-reactive ketones (excluding diaryl/α,β-unsaturated/α-hetero) is 1. The lowest BCUT2D eigenvalue weighted by Crippen LogP contribution is -2.13. The number of carbonyl (C=O) groups is 1. The zero-order valence-corrected chi connectivity index (χ0v) is 15.7. The van der Waals surface area contributed by atoms with Gasteiger partial charge in [-0.15, -0.1) is 0 Å². The van der Waals surface area contributed by atoms with Crippen molar-refractivity contribution in [3.63, 3.8) is 0 Å². The van der Waals surface area contributed by atoms with E-state index in [1.54, 1.807) is 29.2 Å². The van der Waals surface area contributed by atoms with Crippen LogP contribution in [0, 0.1) is 18.7 Å². The predicted molar refractivity (Wildman–Crippen MR) is 105 cm³/mol. The van der Waals surface area contributed by atoms with Crippen LogP contribution in [0.15, 0.2) is 54.9 Å². The summed E-state index contributed by atoms with van der Waals surface area (Å²) < 4.78 is 15.6. The summed E-state index contributed by atoms with van der Waals surface area (Å²) in [5.41, 5.74) is 2.46. The highest BCUT2D eigenvalue weighted by molar-refractivity contribution is 5.84. The summed E-state index contributed by atoms with van der Waals surface area (Å²) in [5.74, 6) is 0.0595. The first-order chi connectivity index (χ1) is 13.1. The van der Waals surface area contributed by atoms with Crippen LogP contribution in [0.4, 0.5) is 4.39 Å². The zero-order chi connectivity index (χ0) is 19.2. The third kappa shape index (κ3) is 4.67. The number of benzene rings is 1. The fraction of sp³-hybridized carbons (Fsp3) is 0.318.